The monoisotopic (exact) mass is 434 g/mol. The number of carbonyl (C=O) groups is 1. The number of nitrogens with two attached hydrogens (primary N) is 1. The van der Waals surface area contributed by atoms with E-state index in [2.05, 4.69) is 12.0 Å². The number of nitrogens with zero attached hydrogens (tertiary/aromatic N) is 1. The highest BCUT2D eigenvalue weighted by Crippen LogP contribution is 2.32. The normalized spacial score (nSPS) is 10.2. The van der Waals surface area contributed by atoms with E-state index in [1.54, 1.807) is 26.2 Å². The molecule has 32 heavy (non-hydrogen) atoms. The molecule has 0 unspecified atom stereocenters. The molecular formula is C25H26N2O5. The molecule has 7 heteroatoms. The van der Waals surface area contributed by atoms with Crippen LogP contribution in [0.4, 0.5) is 0 Å². The van der Waals surface area contributed by atoms with Gasteiger partial charge in [0.2, 0.25) is 0 Å². The van der Waals surface area contributed by atoms with Crippen molar-refractivity contribution in [3.63, 3.8) is 0 Å². The van der Waals surface area contributed by atoms with Crippen molar-refractivity contribution in [2.75, 3.05) is 27.6 Å². The Bertz CT molecular complexity index is 1170. The van der Waals surface area contributed by atoms with Gasteiger partial charge in [0, 0.05) is 42.9 Å². The maximum Gasteiger partial charge on any atom is 0.341 e. The average Bonchev–Trinajstić information content (AvgIpc) is 3.21. The zero-order chi connectivity index (χ0) is 23.1. The molecule has 1 heterocycles. The predicted octanol–water partition coefficient (Wildman–Crippen LogP) is 3.89. The first-order valence-corrected chi connectivity index (χ1v) is 10.0. The van der Waals surface area contributed by atoms with Crippen LogP contribution >= 0.6 is 0 Å². The Morgan fingerprint density at radius 1 is 1.09 bits per heavy atom. The van der Waals surface area contributed by atoms with E-state index in [0.717, 1.165) is 33.7 Å². The van der Waals surface area contributed by atoms with Crippen molar-refractivity contribution in [3.8, 4) is 40.3 Å². The lowest BCUT2D eigenvalue weighted by Crippen LogP contribution is -2.10. The summed E-state index contributed by atoms with van der Waals surface area (Å²) < 4.78 is 23.0. The van der Waals surface area contributed by atoms with Gasteiger partial charge in [-0.15, -0.1) is 0 Å². The molecule has 0 aliphatic carbocycles. The van der Waals surface area contributed by atoms with Crippen LogP contribution in [0.15, 0.2) is 48.8 Å². The van der Waals surface area contributed by atoms with Gasteiger partial charge in [-0.3, -0.25) is 0 Å². The lowest BCUT2D eigenvalue weighted by atomic mass is 10.00. The fourth-order valence-corrected chi connectivity index (χ4v) is 3.35. The summed E-state index contributed by atoms with van der Waals surface area (Å²) in [7, 11) is 3.15. The molecule has 0 amide bonds. The molecule has 0 aliphatic rings. The third-order valence-corrected chi connectivity index (χ3v) is 4.85. The molecule has 0 saturated heterocycles. The van der Waals surface area contributed by atoms with Gasteiger partial charge in [-0.25, -0.2) is 4.79 Å². The summed E-state index contributed by atoms with van der Waals surface area (Å²) in [6, 6.07) is 13.6. The van der Waals surface area contributed by atoms with Crippen LogP contribution in [-0.4, -0.2) is 38.2 Å². The molecule has 0 fully saturated rings. The fourth-order valence-electron chi connectivity index (χ4n) is 3.35. The number of esters is 1. The number of ether oxygens (including phenoxy) is 4. The smallest absolute Gasteiger partial charge is 0.341 e. The second kappa shape index (κ2) is 10.4. The van der Waals surface area contributed by atoms with E-state index in [1.165, 1.54) is 7.11 Å². The van der Waals surface area contributed by atoms with E-state index >= 15 is 0 Å². The van der Waals surface area contributed by atoms with Crippen LogP contribution in [0.5, 0.6) is 11.5 Å². The van der Waals surface area contributed by atoms with Gasteiger partial charge in [0.05, 0.1) is 19.3 Å². The minimum absolute atomic E-state index is 0.00172. The number of rotatable bonds is 8. The van der Waals surface area contributed by atoms with Gasteiger partial charge in [-0.1, -0.05) is 6.07 Å². The molecule has 3 aromatic rings. The summed E-state index contributed by atoms with van der Waals surface area (Å²) in [5, 5.41) is 0. The number of benzene rings is 2. The standard InChI is InChI=1S/C25H26N2O5/c1-5-31-25(28)22-8-6-19(13-24(22)32-16-29-3)27-14-18(10-11-26)23(15-27)21-9-7-20(30-4)12-17(21)2/h6-9,12-15H,5,16,26H2,1-4H3. The number of carbonyl (C=O) groups excluding carboxylic acids is 1. The highest BCUT2D eigenvalue weighted by molar-refractivity contribution is 5.93. The molecule has 0 aliphatic heterocycles. The maximum atomic E-state index is 12.3. The van der Waals surface area contributed by atoms with Crippen LogP contribution in [0.3, 0.4) is 0 Å². The van der Waals surface area contributed by atoms with Crippen molar-refractivity contribution in [1.29, 1.82) is 0 Å². The number of methoxy groups -OCH3 is 2. The lowest BCUT2D eigenvalue weighted by molar-refractivity contribution is 0.0438. The highest BCUT2D eigenvalue weighted by atomic mass is 16.7. The molecule has 166 valence electrons. The van der Waals surface area contributed by atoms with E-state index in [0.29, 0.717) is 11.3 Å². The Kier molecular flexibility index (Phi) is 7.42. The minimum Gasteiger partial charge on any atom is -0.497 e. The van der Waals surface area contributed by atoms with Gasteiger partial charge < -0.3 is 29.2 Å². The number of hydrogen-bond donors (Lipinski definition) is 1. The first kappa shape index (κ1) is 22.8. The number of aryl methyl sites for hydroxylation is 1. The van der Waals surface area contributed by atoms with Crippen LogP contribution in [0, 0.1) is 18.9 Å². The lowest BCUT2D eigenvalue weighted by Gasteiger charge is -2.12. The molecule has 7 nitrogen and oxygen atoms in total. The van der Waals surface area contributed by atoms with E-state index in [1.807, 2.05) is 48.1 Å². The van der Waals surface area contributed by atoms with Crippen molar-refractivity contribution in [1.82, 2.24) is 4.57 Å². The Hall–Kier alpha value is -3.89. The zero-order valence-corrected chi connectivity index (χ0v) is 18.6. The Labute approximate surface area is 187 Å². The average molecular weight is 434 g/mol. The van der Waals surface area contributed by atoms with Crippen LogP contribution in [-0.2, 0) is 9.47 Å². The molecular weight excluding hydrogens is 408 g/mol. The van der Waals surface area contributed by atoms with E-state index in [9.17, 15) is 4.79 Å². The van der Waals surface area contributed by atoms with Gasteiger partial charge in [0.25, 0.3) is 0 Å². The predicted molar refractivity (Wildman–Crippen MR) is 122 cm³/mol. The zero-order valence-electron chi connectivity index (χ0n) is 18.6. The van der Waals surface area contributed by atoms with Crippen molar-refractivity contribution in [2.45, 2.75) is 13.8 Å². The largest absolute Gasteiger partial charge is 0.497 e. The summed E-state index contributed by atoms with van der Waals surface area (Å²) in [4.78, 5) is 12.3. The van der Waals surface area contributed by atoms with Crippen molar-refractivity contribution < 1.29 is 23.7 Å². The summed E-state index contributed by atoms with van der Waals surface area (Å²) in [5.74, 6) is 3.66. The molecule has 1 aromatic heterocycles. The molecule has 2 N–H and O–H groups in total. The summed E-state index contributed by atoms with van der Waals surface area (Å²) >= 11 is 0. The van der Waals surface area contributed by atoms with Crippen molar-refractivity contribution in [3.05, 3.63) is 65.5 Å². The van der Waals surface area contributed by atoms with Crippen LogP contribution in [0.25, 0.3) is 16.8 Å². The first-order chi connectivity index (χ1) is 15.5. The van der Waals surface area contributed by atoms with Crippen LogP contribution < -0.4 is 15.2 Å². The molecule has 3 rings (SSSR count). The van der Waals surface area contributed by atoms with E-state index in [-0.39, 0.29) is 13.4 Å². The molecule has 0 radical (unpaired) electrons. The summed E-state index contributed by atoms with van der Waals surface area (Å²) in [6.45, 7) is 4.04. The highest BCUT2D eigenvalue weighted by Gasteiger charge is 2.17. The molecule has 0 bridgehead atoms. The summed E-state index contributed by atoms with van der Waals surface area (Å²) in [6.07, 6.45) is 3.85. The van der Waals surface area contributed by atoms with Gasteiger partial charge in [-0.2, -0.15) is 0 Å². The SMILES string of the molecule is CCOC(=O)c1ccc(-n2cc(C#CN)c(-c3ccc(OC)cc3C)c2)cc1OCOC. The van der Waals surface area contributed by atoms with Crippen LogP contribution in [0.1, 0.15) is 28.4 Å². The van der Waals surface area contributed by atoms with Gasteiger partial charge in [0.15, 0.2) is 6.79 Å². The molecule has 2 aromatic carbocycles. The fraction of sp³-hybridized carbons (Fsp3) is 0.240. The second-order valence-electron chi connectivity index (χ2n) is 6.89. The van der Waals surface area contributed by atoms with Crippen molar-refractivity contribution in [2.24, 2.45) is 5.73 Å². The third-order valence-electron chi connectivity index (χ3n) is 4.85. The Balaban J connectivity index is 2.08. The molecule has 0 atom stereocenters. The number of aromatic nitrogens is 1. The van der Waals surface area contributed by atoms with Gasteiger partial charge in [-0.05, 0) is 55.2 Å². The minimum atomic E-state index is -0.457. The topological polar surface area (TPSA) is 84.9 Å². The van der Waals surface area contributed by atoms with Gasteiger partial charge in [0.1, 0.15) is 17.1 Å². The van der Waals surface area contributed by atoms with E-state index < -0.39 is 5.97 Å². The maximum absolute atomic E-state index is 12.3. The van der Waals surface area contributed by atoms with Crippen LogP contribution in [0.2, 0.25) is 0 Å². The quantitative estimate of drug-likeness (QED) is 0.251. The summed E-state index contributed by atoms with van der Waals surface area (Å²) in [5.41, 5.74) is 10.4. The van der Waals surface area contributed by atoms with Crippen molar-refractivity contribution >= 4 is 5.97 Å². The van der Waals surface area contributed by atoms with E-state index in [4.69, 9.17) is 24.7 Å². The number of hydrogen-bond acceptors (Lipinski definition) is 6. The first-order valence-electron chi connectivity index (χ1n) is 10.0. The van der Waals surface area contributed by atoms with Gasteiger partial charge >= 0.3 is 5.97 Å². The Morgan fingerprint density at radius 2 is 1.91 bits per heavy atom. The molecule has 0 saturated carbocycles. The Morgan fingerprint density at radius 3 is 2.56 bits per heavy atom. The second-order valence-corrected chi connectivity index (χ2v) is 6.89. The molecule has 0 spiro atoms. The third kappa shape index (κ3) is 4.88.